The highest BCUT2D eigenvalue weighted by molar-refractivity contribution is 5.80. The number of aromatic amines is 1. The maximum absolute atomic E-state index is 12.3. The number of fused-ring (bicyclic) bond motifs is 1. The van der Waals surface area contributed by atoms with E-state index in [9.17, 15) is 9.59 Å². The highest BCUT2D eigenvalue weighted by Gasteiger charge is 2.24. The lowest BCUT2D eigenvalue weighted by Crippen LogP contribution is -2.30. The molecule has 110 valence electrons. The van der Waals surface area contributed by atoms with E-state index in [1.54, 1.807) is 19.2 Å². The van der Waals surface area contributed by atoms with Crippen molar-refractivity contribution in [1.82, 2.24) is 19.5 Å². The number of nitrogens with zero attached hydrogens (tertiary/aromatic N) is 3. The molecule has 1 aliphatic rings. The molecule has 1 aromatic carbocycles. The van der Waals surface area contributed by atoms with E-state index in [2.05, 4.69) is 15.0 Å². The molecule has 0 spiro atoms. The summed E-state index contributed by atoms with van der Waals surface area (Å²) >= 11 is 0. The van der Waals surface area contributed by atoms with Gasteiger partial charge in [-0.05, 0) is 43.4 Å². The second kappa shape index (κ2) is 4.62. The molecule has 1 aliphatic carbocycles. The predicted octanol–water partition coefficient (Wildman–Crippen LogP) is 1.65. The summed E-state index contributed by atoms with van der Waals surface area (Å²) in [6.07, 6.45) is 5.43. The number of H-pyrrole nitrogens is 1. The van der Waals surface area contributed by atoms with Gasteiger partial charge in [0, 0.05) is 12.4 Å². The molecule has 22 heavy (non-hydrogen) atoms. The highest BCUT2D eigenvalue weighted by Crippen LogP contribution is 2.40. The molecule has 2 heterocycles. The number of benzene rings is 1. The van der Waals surface area contributed by atoms with Crippen molar-refractivity contribution >= 4 is 10.9 Å². The summed E-state index contributed by atoms with van der Waals surface area (Å²) in [6, 6.07) is 5.68. The van der Waals surface area contributed by atoms with E-state index in [4.69, 9.17) is 0 Å². The number of aryl methyl sites for hydroxylation is 1. The molecule has 0 aliphatic heterocycles. The molecule has 1 saturated carbocycles. The summed E-state index contributed by atoms with van der Waals surface area (Å²) in [5.74, 6) is 0.983. The lowest BCUT2D eigenvalue weighted by molar-refractivity contribution is 0.881. The molecule has 2 aromatic heterocycles. The van der Waals surface area contributed by atoms with E-state index in [1.807, 2.05) is 12.1 Å². The maximum atomic E-state index is 12.3. The second-order valence-corrected chi connectivity index (χ2v) is 5.61. The van der Waals surface area contributed by atoms with Crippen molar-refractivity contribution in [2.75, 3.05) is 0 Å². The average molecular weight is 294 g/mol. The van der Waals surface area contributed by atoms with Crippen LogP contribution in [0, 0.1) is 6.92 Å². The van der Waals surface area contributed by atoms with Crippen LogP contribution in [0.2, 0.25) is 0 Å². The summed E-state index contributed by atoms with van der Waals surface area (Å²) in [5.41, 5.74) is 1.51. The first-order chi connectivity index (χ1) is 10.6. The van der Waals surface area contributed by atoms with Gasteiger partial charge >= 0.3 is 5.69 Å². The zero-order valence-corrected chi connectivity index (χ0v) is 12.0. The van der Waals surface area contributed by atoms with Gasteiger partial charge in [-0.3, -0.25) is 14.8 Å². The van der Waals surface area contributed by atoms with Gasteiger partial charge in [0.2, 0.25) is 0 Å². The summed E-state index contributed by atoms with van der Waals surface area (Å²) in [6.45, 7) is 1.79. The van der Waals surface area contributed by atoms with E-state index >= 15 is 0 Å². The number of rotatable bonds is 2. The predicted molar refractivity (Wildman–Crippen MR) is 82.5 cm³/mol. The van der Waals surface area contributed by atoms with Gasteiger partial charge in [0.25, 0.3) is 5.56 Å². The Hall–Kier alpha value is -2.76. The Morgan fingerprint density at radius 2 is 1.95 bits per heavy atom. The third kappa shape index (κ3) is 1.95. The van der Waals surface area contributed by atoms with Crippen molar-refractivity contribution in [1.29, 1.82) is 0 Å². The molecule has 3 aromatic rings. The lowest BCUT2D eigenvalue weighted by Gasteiger charge is -2.11. The number of aromatic nitrogens is 4. The molecule has 1 N–H and O–H groups in total. The Balaban J connectivity index is 2.12. The molecule has 0 unspecified atom stereocenters. The monoisotopic (exact) mass is 294 g/mol. The van der Waals surface area contributed by atoms with Crippen LogP contribution in [-0.4, -0.2) is 19.5 Å². The van der Waals surface area contributed by atoms with Gasteiger partial charge in [0.05, 0.1) is 16.6 Å². The van der Waals surface area contributed by atoms with Crippen LogP contribution in [-0.2, 0) is 0 Å². The molecule has 0 amide bonds. The molecular formula is C16H14N4O2. The van der Waals surface area contributed by atoms with Crippen molar-refractivity contribution in [2.24, 2.45) is 0 Å². The van der Waals surface area contributed by atoms with Gasteiger partial charge in [0.15, 0.2) is 5.82 Å². The minimum atomic E-state index is -0.492. The normalized spacial score (nSPS) is 14.4. The van der Waals surface area contributed by atoms with E-state index in [0.717, 1.165) is 18.4 Å². The van der Waals surface area contributed by atoms with Crippen molar-refractivity contribution in [2.45, 2.75) is 25.7 Å². The van der Waals surface area contributed by atoms with Gasteiger partial charge < -0.3 is 0 Å². The zero-order valence-electron chi connectivity index (χ0n) is 12.0. The van der Waals surface area contributed by atoms with Gasteiger partial charge in [-0.1, -0.05) is 6.07 Å². The molecule has 0 radical (unpaired) electrons. The van der Waals surface area contributed by atoms with E-state index in [-0.39, 0.29) is 5.56 Å². The van der Waals surface area contributed by atoms with Gasteiger partial charge in [-0.2, -0.15) is 0 Å². The number of nitrogens with one attached hydrogen (secondary N) is 1. The summed E-state index contributed by atoms with van der Waals surface area (Å²) in [7, 11) is 0. The van der Waals surface area contributed by atoms with Crippen molar-refractivity contribution in [3.8, 4) is 5.82 Å². The Morgan fingerprint density at radius 1 is 1.18 bits per heavy atom. The molecule has 6 nitrogen and oxygen atoms in total. The Morgan fingerprint density at radius 3 is 2.68 bits per heavy atom. The highest BCUT2D eigenvalue weighted by atomic mass is 16.2. The molecule has 0 bridgehead atoms. The zero-order chi connectivity index (χ0) is 15.3. The standard InChI is InChI=1S/C16H14N4O2/c1-9-14(18-7-6-17-9)20-13-8-11(10-2-3-10)4-5-12(13)15(21)19-16(20)22/h4-8,10H,2-3H2,1H3,(H,19,21,22). The van der Waals surface area contributed by atoms with Crippen LogP contribution >= 0.6 is 0 Å². The van der Waals surface area contributed by atoms with E-state index in [1.165, 1.54) is 10.8 Å². The van der Waals surface area contributed by atoms with Crippen LogP contribution in [0.5, 0.6) is 0 Å². The SMILES string of the molecule is Cc1nccnc1-n1c(=O)[nH]c(=O)c2ccc(C3CC3)cc21. The minimum absolute atomic E-state index is 0.375. The smallest absolute Gasteiger partial charge is 0.273 e. The second-order valence-electron chi connectivity index (χ2n) is 5.61. The fourth-order valence-corrected chi connectivity index (χ4v) is 2.76. The lowest BCUT2D eigenvalue weighted by atomic mass is 10.1. The van der Waals surface area contributed by atoms with Crippen LogP contribution in [0.25, 0.3) is 16.7 Å². The van der Waals surface area contributed by atoms with Crippen LogP contribution in [0.1, 0.15) is 30.0 Å². The van der Waals surface area contributed by atoms with Crippen LogP contribution in [0.3, 0.4) is 0 Å². The summed E-state index contributed by atoms with van der Waals surface area (Å²) in [5, 5.41) is 0.481. The molecule has 4 rings (SSSR count). The maximum Gasteiger partial charge on any atom is 0.334 e. The third-order valence-electron chi connectivity index (χ3n) is 4.05. The Kier molecular flexibility index (Phi) is 2.72. The van der Waals surface area contributed by atoms with E-state index < -0.39 is 5.69 Å². The Labute approximate surface area is 125 Å². The van der Waals surface area contributed by atoms with Crippen molar-refractivity contribution < 1.29 is 0 Å². The third-order valence-corrected chi connectivity index (χ3v) is 4.05. The summed E-state index contributed by atoms with van der Waals surface area (Å²) < 4.78 is 1.44. The van der Waals surface area contributed by atoms with Crippen LogP contribution < -0.4 is 11.2 Å². The largest absolute Gasteiger partial charge is 0.334 e. The molecule has 0 atom stereocenters. The first-order valence-corrected chi connectivity index (χ1v) is 7.22. The van der Waals surface area contributed by atoms with Gasteiger partial charge in [0.1, 0.15) is 0 Å². The van der Waals surface area contributed by atoms with Crippen molar-refractivity contribution in [3.63, 3.8) is 0 Å². The first-order valence-electron chi connectivity index (χ1n) is 7.22. The number of hydrogen-bond donors (Lipinski definition) is 1. The molecule has 0 saturated heterocycles. The fraction of sp³-hybridized carbons (Fsp3) is 0.250. The average Bonchev–Trinajstić information content (AvgIpc) is 3.33. The van der Waals surface area contributed by atoms with Gasteiger partial charge in [-0.25, -0.2) is 14.3 Å². The number of hydrogen-bond acceptors (Lipinski definition) is 4. The minimum Gasteiger partial charge on any atom is -0.273 e. The molecule has 1 fully saturated rings. The van der Waals surface area contributed by atoms with Crippen LogP contribution in [0.15, 0.2) is 40.2 Å². The Bertz CT molecular complexity index is 999. The first kappa shape index (κ1) is 12.9. The molecular weight excluding hydrogens is 280 g/mol. The topological polar surface area (TPSA) is 80.6 Å². The fourth-order valence-electron chi connectivity index (χ4n) is 2.76. The van der Waals surface area contributed by atoms with E-state index in [0.29, 0.717) is 28.3 Å². The summed E-state index contributed by atoms with van der Waals surface area (Å²) in [4.78, 5) is 35.2. The molecule has 6 heteroatoms. The van der Waals surface area contributed by atoms with Crippen molar-refractivity contribution in [3.05, 3.63) is 62.7 Å². The van der Waals surface area contributed by atoms with Crippen LogP contribution in [0.4, 0.5) is 0 Å². The quantitative estimate of drug-likeness (QED) is 0.779. The van der Waals surface area contributed by atoms with Gasteiger partial charge in [-0.15, -0.1) is 0 Å².